The van der Waals surface area contributed by atoms with Crippen LogP contribution < -0.4 is 5.32 Å². The second-order valence-corrected chi connectivity index (χ2v) is 3.21. The minimum absolute atomic E-state index is 0.151. The number of carbonyl (C=O) groups is 1. The summed E-state index contributed by atoms with van der Waals surface area (Å²) in [6.45, 7) is 4.59. The van der Waals surface area contributed by atoms with Crippen molar-refractivity contribution in [1.82, 2.24) is 10.2 Å². The molecule has 1 aliphatic rings. The average molecular weight is 202 g/mol. The van der Waals surface area contributed by atoms with Crippen molar-refractivity contribution in [1.29, 1.82) is 0 Å². The highest BCUT2D eigenvalue weighted by Crippen LogP contribution is 1.96. The fraction of sp³-hybridized carbons (Fsp3) is 0.889. The van der Waals surface area contributed by atoms with Crippen LogP contribution in [0.5, 0.6) is 0 Å². The first-order chi connectivity index (χ1) is 6.83. The summed E-state index contributed by atoms with van der Waals surface area (Å²) in [5.41, 5.74) is 0. The summed E-state index contributed by atoms with van der Waals surface area (Å²) in [5.74, 6) is -0.151. The van der Waals surface area contributed by atoms with Crippen LogP contribution in [0.3, 0.4) is 0 Å². The molecule has 1 fully saturated rings. The lowest BCUT2D eigenvalue weighted by Crippen LogP contribution is -2.40. The molecule has 0 amide bonds. The molecule has 1 saturated heterocycles. The monoisotopic (exact) mass is 202 g/mol. The fourth-order valence-corrected chi connectivity index (χ4v) is 1.25. The Morgan fingerprint density at radius 2 is 2.21 bits per heavy atom. The van der Waals surface area contributed by atoms with Gasteiger partial charge in [0.1, 0.15) is 6.61 Å². The Labute approximate surface area is 84.4 Å². The first-order valence-electron chi connectivity index (χ1n) is 4.93. The molecule has 0 aliphatic carbocycles. The van der Waals surface area contributed by atoms with Gasteiger partial charge < -0.3 is 14.8 Å². The average Bonchev–Trinajstić information content (AvgIpc) is 2.20. The van der Waals surface area contributed by atoms with Gasteiger partial charge in [0.25, 0.3) is 0 Å². The van der Waals surface area contributed by atoms with E-state index in [0.29, 0.717) is 32.9 Å². The molecular weight excluding hydrogens is 184 g/mol. The van der Waals surface area contributed by atoms with Gasteiger partial charge in [-0.05, 0) is 7.05 Å². The van der Waals surface area contributed by atoms with E-state index in [1.807, 2.05) is 11.9 Å². The van der Waals surface area contributed by atoms with Gasteiger partial charge in [0.15, 0.2) is 0 Å². The largest absolute Gasteiger partial charge is 0.463 e. The number of esters is 1. The number of likely N-dealkylation sites (N-methyl/N-ethyl adjacent to an activating group) is 1. The van der Waals surface area contributed by atoms with E-state index in [1.54, 1.807) is 0 Å². The van der Waals surface area contributed by atoms with Crippen molar-refractivity contribution in [3.63, 3.8) is 0 Å². The third-order valence-electron chi connectivity index (χ3n) is 2.07. The second kappa shape index (κ2) is 6.75. The molecule has 5 nitrogen and oxygen atoms in total. The molecule has 1 aliphatic heterocycles. The standard InChI is InChI=1S/C9H18N2O3/c1-10-2-5-14-9(12)8-11-3-6-13-7-4-11/h10H,2-8H2,1H3. The Morgan fingerprint density at radius 1 is 1.50 bits per heavy atom. The molecule has 0 aromatic heterocycles. The summed E-state index contributed by atoms with van der Waals surface area (Å²) in [6.07, 6.45) is 0. The Kier molecular flexibility index (Phi) is 5.51. The van der Waals surface area contributed by atoms with Gasteiger partial charge >= 0.3 is 5.97 Å². The molecule has 0 atom stereocenters. The lowest BCUT2D eigenvalue weighted by molar-refractivity contribution is -0.145. The summed E-state index contributed by atoms with van der Waals surface area (Å²) < 4.78 is 10.2. The number of hydrogen-bond acceptors (Lipinski definition) is 5. The van der Waals surface area contributed by atoms with Crippen LogP contribution in [-0.4, -0.2) is 63.9 Å². The van der Waals surface area contributed by atoms with E-state index >= 15 is 0 Å². The van der Waals surface area contributed by atoms with Gasteiger partial charge in [-0.2, -0.15) is 0 Å². The third kappa shape index (κ3) is 4.55. The van der Waals surface area contributed by atoms with Gasteiger partial charge in [-0.3, -0.25) is 9.69 Å². The summed E-state index contributed by atoms with van der Waals surface area (Å²) in [4.78, 5) is 13.3. The molecule has 14 heavy (non-hydrogen) atoms. The Morgan fingerprint density at radius 3 is 2.86 bits per heavy atom. The molecule has 1 N–H and O–H groups in total. The van der Waals surface area contributed by atoms with E-state index in [4.69, 9.17) is 9.47 Å². The Balaban J connectivity index is 2.06. The zero-order chi connectivity index (χ0) is 10.2. The van der Waals surface area contributed by atoms with Crippen LogP contribution in [0.1, 0.15) is 0 Å². The first kappa shape index (κ1) is 11.4. The number of nitrogens with zero attached hydrogens (tertiary/aromatic N) is 1. The Hall–Kier alpha value is -0.650. The summed E-state index contributed by atoms with van der Waals surface area (Å²) in [5, 5.41) is 2.92. The van der Waals surface area contributed by atoms with E-state index in [2.05, 4.69) is 5.32 Å². The number of carbonyl (C=O) groups excluding carboxylic acids is 1. The molecule has 82 valence electrons. The maximum absolute atomic E-state index is 11.3. The second-order valence-electron chi connectivity index (χ2n) is 3.21. The van der Waals surface area contributed by atoms with Crippen molar-refractivity contribution in [2.75, 3.05) is 53.0 Å². The number of rotatable bonds is 5. The normalized spacial score (nSPS) is 18.1. The van der Waals surface area contributed by atoms with Gasteiger partial charge in [0, 0.05) is 19.6 Å². The summed E-state index contributed by atoms with van der Waals surface area (Å²) >= 11 is 0. The number of hydrogen-bond donors (Lipinski definition) is 1. The lowest BCUT2D eigenvalue weighted by atomic mass is 10.4. The maximum atomic E-state index is 11.3. The molecule has 5 heteroatoms. The molecule has 0 aromatic rings. The minimum Gasteiger partial charge on any atom is -0.463 e. The molecule has 0 bridgehead atoms. The lowest BCUT2D eigenvalue weighted by Gasteiger charge is -2.25. The number of ether oxygens (including phenoxy) is 2. The smallest absolute Gasteiger partial charge is 0.320 e. The number of morpholine rings is 1. The van der Waals surface area contributed by atoms with Gasteiger partial charge in [-0.1, -0.05) is 0 Å². The van der Waals surface area contributed by atoms with Gasteiger partial charge in [-0.15, -0.1) is 0 Å². The predicted octanol–water partition coefficient (Wildman–Crippen LogP) is -0.919. The highest BCUT2D eigenvalue weighted by Gasteiger charge is 2.14. The van der Waals surface area contributed by atoms with Crippen LogP contribution in [0, 0.1) is 0 Å². The topological polar surface area (TPSA) is 50.8 Å². The fourth-order valence-electron chi connectivity index (χ4n) is 1.25. The van der Waals surface area contributed by atoms with E-state index in [-0.39, 0.29) is 5.97 Å². The zero-order valence-corrected chi connectivity index (χ0v) is 8.62. The minimum atomic E-state index is -0.151. The van der Waals surface area contributed by atoms with Crippen LogP contribution in [0.15, 0.2) is 0 Å². The number of nitrogens with one attached hydrogen (secondary N) is 1. The summed E-state index contributed by atoms with van der Waals surface area (Å²) in [6, 6.07) is 0. The van der Waals surface area contributed by atoms with Crippen molar-refractivity contribution < 1.29 is 14.3 Å². The summed E-state index contributed by atoms with van der Waals surface area (Å²) in [7, 11) is 1.83. The van der Waals surface area contributed by atoms with Crippen molar-refractivity contribution >= 4 is 5.97 Å². The van der Waals surface area contributed by atoms with Crippen molar-refractivity contribution in [3.8, 4) is 0 Å². The SMILES string of the molecule is CNCCOC(=O)CN1CCOCC1. The van der Waals surface area contributed by atoms with Crippen molar-refractivity contribution in [3.05, 3.63) is 0 Å². The first-order valence-corrected chi connectivity index (χ1v) is 4.93. The van der Waals surface area contributed by atoms with Crippen LogP contribution >= 0.6 is 0 Å². The van der Waals surface area contributed by atoms with Crippen LogP contribution in [0.4, 0.5) is 0 Å². The maximum Gasteiger partial charge on any atom is 0.320 e. The highest BCUT2D eigenvalue weighted by molar-refractivity contribution is 5.71. The molecule has 0 radical (unpaired) electrons. The molecule has 0 aromatic carbocycles. The molecule has 0 unspecified atom stereocenters. The third-order valence-corrected chi connectivity index (χ3v) is 2.07. The molecule has 1 rings (SSSR count). The molecule has 0 saturated carbocycles. The molecular formula is C9H18N2O3. The highest BCUT2D eigenvalue weighted by atomic mass is 16.5. The van der Waals surface area contributed by atoms with E-state index < -0.39 is 0 Å². The van der Waals surface area contributed by atoms with Crippen molar-refractivity contribution in [2.45, 2.75) is 0 Å². The molecule has 1 heterocycles. The van der Waals surface area contributed by atoms with Gasteiger partial charge in [0.05, 0.1) is 19.8 Å². The zero-order valence-electron chi connectivity index (χ0n) is 8.62. The van der Waals surface area contributed by atoms with E-state index in [9.17, 15) is 4.79 Å². The van der Waals surface area contributed by atoms with Crippen LogP contribution in [0.2, 0.25) is 0 Å². The van der Waals surface area contributed by atoms with Crippen LogP contribution in [-0.2, 0) is 14.3 Å². The molecule has 0 spiro atoms. The van der Waals surface area contributed by atoms with E-state index in [1.165, 1.54) is 0 Å². The predicted molar refractivity (Wildman–Crippen MR) is 52.1 cm³/mol. The van der Waals surface area contributed by atoms with Crippen molar-refractivity contribution in [2.24, 2.45) is 0 Å². The van der Waals surface area contributed by atoms with E-state index in [0.717, 1.165) is 13.1 Å². The van der Waals surface area contributed by atoms with Gasteiger partial charge in [-0.25, -0.2) is 0 Å². The Bertz CT molecular complexity index is 169. The van der Waals surface area contributed by atoms with Gasteiger partial charge in [0.2, 0.25) is 0 Å². The van der Waals surface area contributed by atoms with Crippen LogP contribution in [0.25, 0.3) is 0 Å². The quantitative estimate of drug-likeness (QED) is 0.461.